The summed E-state index contributed by atoms with van der Waals surface area (Å²) in [6, 6.07) is 14.9. The molecule has 2 aromatic rings. The highest BCUT2D eigenvalue weighted by Crippen LogP contribution is 2.29. The third-order valence-electron chi connectivity index (χ3n) is 4.35. The highest BCUT2D eigenvalue weighted by Gasteiger charge is 2.34. The maximum atomic E-state index is 12.7. The van der Waals surface area contributed by atoms with Crippen molar-refractivity contribution >= 4 is 23.6 Å². The Morgan fingerprint density at radius 2 is 1.77 bits per heavy atom. The molecule has 0 aromatic heterocycles. The number of para-hydroxylation sites is 2. The molecule has 1 aliphatic rings. The third-order valence-corrected chi connectivity index (χ3v) is 4.35. The van der Waals surface area contributed by atoms with Crippen molar-refractivity contribution in [1.29, 1.82) is 0 Å². The summed E-state index contributed by atoms with van der Waals surface area (Å²) >= 11 is 0. The van der Waals surface area contributed by atoms with E-state index < -0.39 is 18.0 Å². The summed E-state index contributed by atoms with van der Waals surface area (Å²) in [5.41, 5.74) is 1.79. The van der Waals surface area contributed by atoms with Crippen molar-refractivity contribution in [3.05, 3.63) is 71.4 Å². The summed E-state index contributed by atoms with van der Waals surface area (Å²) in [7, 11) is 0. The first kappa shape index (κ1) is 20.9. The Balaban J connectivity index is 1.95. The molecule has 3 N–H and O–H groups in total. The van der Waals surface area contributed by atoms with Crippen LogP contribution in [0.3, 0.4) is 0 Å². The summed E-state index contributed by atoms with van der Waals surface area (Å²) in [5.74, 6) is -0.378. The lowest BCUT2D eigenvalue weighted by Gasteiger charge is -2.29. The van der Waals surface area contributed by atoms with Gasteiger partial charge in [-0.15, -0.1) is 0 Å². The highest BCUT2D eigenvalue weighted by molar-refractivity contribution is 5.95. The second-order valence-corrected chi connectivity index (χ2v) is 6.52. The molecule has 3 rings (SSSR count). The summed E-state index contributed by atoms with van der Waals surface area (Å²) in [6.07, 6.45) is 0. The quantitative estimate of drug-likeness (QED) is 0.610. The lowest BCUT2D eigenvalue weighted by atomic mass is 9.95. The minimum absolute atomic E-state index is 0.0957. The zero-order valence-electron chi connectivity index (χ0n) is 16.7. The smallest absolute Gasteiger partial charge is 0.338 e. The number of amides is 3. The van der Waals surface area contributed by atoms with Gasteiger partial charge >= 0.3 is 12.0 Å². The topological polar surface area (TPSA) is 106 Å². The number of benzene rings is 2. The first-order valence-corrected chi connectivity index (χ1v) is 9.51. The van der Waals surface area contributed by atoms with E-state index in [4.69, 9.17) is 9.47 Å². The number of hydrogen-bond donors (Lipinski definition) is 3. The zero-order chi connectivity index (χ0) is 21.5. The van der Waals surface area contributed by atoms with Crippen LogP contribution in [0.15, 0.2) is 65.9 Å². The van der Waals surface area contributed by atoms with E-state index in [2.05, 4.69) is 16.0 Å². The van der Waals surface area contributed by atoms with Gasteiger partial charge in [-0.25, -0.2) is 9.59 Å². The van der Waals surface area contributed by atoms with Gasteiger partial charge in [0.25, 0.3) is 0 Å². The summed E-state index contributed by atoms with van der Waals surface area (Å²) < 4.78 is 11.1. The van der Waals surface area contributed by atoms with Gasteiger partial charge in [-0.2, -0.15) is 0 Å². The number of hydrogen-bond acceptors (Lipinski definition) is 5. The normalized spacial score (nSPS) is 15.7. The van der Waals surface area contributed by atoms with Crippen LogP contribution in [0.2, 0.25) is 0 Å². The maximum absolute atomic E-state index is 12.7. The van der Waals surface area contributed by atoms with Gasteiger partial charge in [0.2, 0.25) is 5.91 Å². The van der Waals surface area contributed by atoms with Crippen molar-refractivity contribution < 1.29 is 23.9 Å². The fourth-order valence-corrected chi connectivity index (χ4v) is 3.11. The molecule has 0 spiro atoms. The van der Waals surface area contributed by atoms with Crippen molar-refractivity contribution in [3.8, 4) is 5.75 Å². The average molecular weight is 409 g/mol. The Morgan fingerprint density at radius 1 is 1.07 bits per heavy atom. The predicted octanol–water partition coefficient (Wildman–Crippen LogP) is 2.90. The number of rotatable bonds is 7. The van der Waals surface area contributed by atoms with Crippen LogP contribution < -0.4 is 20.7 Å². The number of esters is 1. The Kier molecular flexibility index (Phi) is 6.69. The van der Waals surface area contributed by atoms with Gasteiger partial charge in [-0.1, -0.05) is 42.5 Å². The first-order valence-electron chi connectivity index (χ1n) is 9.51. The minimum atomic E-state index is -0.678. The number of carbonyl (C=O) groups excluding carboxylic acids is 3. The van der Waals surface area contributed by atoms with Gasteiger partial charge in [-0.05, 0) is 24.6 Å². The molecule has 156 valence electrons. The van der Waals surface area contributed by atoms with Gasteiger partial charge in [-0.3, -0.25) is 4.79 Å². The van der Waals surface area contributed by atoms with E-state index in [1.807, 2.05) is 30.3 Å². The summed E-state index contributed by atoms with van der Waals surface area (Å²) in [6.45, 7) is 3.21. The van der Waals surface area contributed by atoms with E-state index in [1.54, 1.807) is 31.2 Å². The molecule has 2 aromatic carbocycles. The van der Waals surface area contributed by atoms with Crippen molar-refractivity contribution in [2.75, 3.05) is 18.5 Å². The molecule has 0 bridgehead atoms. The molecule has 0 radical (unpaired) electrons. The van der Waals surface area contributed by atoms with Crippen molar-refractivity contribution in [2.24, 2.45) is 0 Å². The fraction of sp³-hybridized carbons (Fsp3) is 0.227. The van der Waals surface area contributed by atoms with Crippen molar-refractivity contribution in [1.82, 2.24) is 10.6 Å². The van der Waals surface area contributed by atoms with Gasteiger partial charge in [0, 0.05) is 6.92 Å². The Morgan fingerprint density at radius 3 is 2.47 bits per heavy atom. The fourth-order valence-electron chi connectivity index (χ4n) is 3.11. The van der Waals surface area contributed by atoms with Crippen LogP contribution in [0, 0.1) is 0 Å². The van der Waals surface area contributed by atoms with Crippen molar-refractivity contribution in [3.63, 3.8) is 0 Å². The van der Waals surface area contributed by atoms with Crippen LogP contribution in [-0.2, 0) is 14.3 Å². The maximum Gasteiger partial charge on any atom is 0.338 e. The van der Waals surface area contributed by atoms with Crippen LogP contribution in [0.5, 0.6) is 5.75 Å². The van der Waals surface area contributed by atoms with Crippen molar-refractivity contribution in [2.45, 2.75) is 19.9 Å². The second-order valence-electron chi connectivity index (χ2n) is 6.52. The molecule has 3 amide bonds. The standard InChI is InChI=1S/C22H23N3O5/c1-3-29-21(27)19-17(13-30-18-12-8-7-11-16(18)23-14(2)26)24-22(28)25-20(19)15-9-5-4-6-10-15/h4-12,20H,3,13H2,1-2H3,(H,23,26)(H2,24,25,28)/t20-/m1/s1. The average Bonchev–Trinajstić information content (AvgIpc) is 2.73. The van der Waals surface area contributed by atoms with Gasteiger partial charge in [0.1, 0.15) is 12.4 Å². The van der Waals surface area contributed by atoms with Gasteiger partial charge in [0.05, 0.1) is 29.6 Å². The highest BCUT2D eigenvalue weighted by atomic mass is 16.5. The molecular weight excluding hydrogens is 386 g/mol. The van der Waals surface area contributed by atoms with Crippen LogP contribution in [0.25, 0.3) is 0 Å². The predicted molar refractivity (Wildman–Crippen MR) is 111 cm³/mol. The SMILES string of the molecule is CCOC(=O)C1=C(COc2ccccc2NC(C)=O)NC(=O)N[C@@H]1c1ccccc1. The second kappa shape index (κ2) is 9.60. The number of nitrogens with one attached hydrogen (secondary N) is 3. The van der Waals surface area contributed by atoms with Crippen LogP contribution in [0.4, 0.5) is 10.5 Å². The molecule has 0 saturated carbocycles. The largest absolute Gasteiger partial charge is 0.485 e. The van der Waals surface area contributed by atoms with Crippen LogP contribution in [-0.4, -0.2) is 31.1 Å². The van der Waals surface area contributed by atoms with E-state index in [0.717, 1.165) is 5.56 Å². The molecule has 0 fully saturated rings. The van der Waals surface area contributed by atoms with Crippen LogP contribution in [0.1, 0.15) is 25.5 Å². The number of carbonyl (C=O) groups is 3. The van der Waals surface area contributed by atoms with E-state index in [0.29, 0.717) is 17.1 Å². The van der Waals surface area contributed by atoms with E-state index in [1.165, 1.54) is 6.92 Å². The zero-order valence-corrected chi connectivity index (χ0v) is 16.7. The Labute approximate surface area is 174 Å². The number of anilines is 1. The van der Waals surface area contributed by atoms with E-state index >= 15 is 0 Å². The van der Waals surface area contributed by atoms with E-state index in [-0.39, 0.29) is 24.7 Å². The number of urea groups is 1. The van der Waals surface area contributed by atoms with Crippen LogP contribution >= 0.6 is 0 Å². The molecule has 8 nitrogen and oxygen atoms in total. The minimum Gasteiger partial charge on any atom is -0.485 e. The molecular formula is C22H23N3O5. The molecule has 1 atom stereocenters. The number of ether oxygens (including phenoxy) is 2. The van der Waals surface area contributed by atoms with E-state index in [9.17, 15) is 14.4 Å². The summed E-state index contributed by atoms with van der Waals surface area (Å²) in [4.78, 5) is 36.4. The van der Waals surface area contributed by atoms with Gasteiger partial charge < -0.3 is 25.4 Å². The molecule has 1 aliphatic heterocycles. The molecule has 0 unspecified atom stereocenters. The lowest BCUT2D eigenvalue weighted by Crippen LogP contribution is -2.47. The first-order chi connectivity index (χ1) is 14.5. The van der Waals surface area contributed by atoms with Gasteiger partial charge in [0.15, 0.2) is 0 Å². The summed E-state index contributed by atoms with van der Waals surface area (Å²) in [5, 5.41) is 8.11. The lowest BCUT2D eigenvalue weighted by molar-refractivity contribution is -0.139. The Bertz CT molecular complexity index is 972. The third kappa shape index (κ3) is 4.96. The molecule has 8 heteroatoms. The molecule has 30 heavy (non-hydrogen) atoms. The Hall–Kier alpha value is -3.81. The molecule has 1 heterocycles. The monoisotopic (exact) mass is 409 g/mol. The molecule has 0 saturated heterocycles. The molecule has 0 aliphatic carbocycles.